The van der Waals surface area contributed by atoms with E-state index in [0.717, 1.165) is 36.1 Å². The quantitative estimate of drug-likeness (QED) is 0.908. The molecule has 0 bridgehead atoms. The molecule has 0 amide bonds. The molecule has 1 saturated heterocycles. The summed E-state index contributed by atoms with van der Waals surface area (Å²) in [6.45, 7) is 7.13. The molecule has 1 unspecified atom stereocenters. The summed E-state index contributed by atoms with van der Waals surface area (Å²) >= 11 is 3.33. The summed E-state index contributed by atoms with van der Waals surface area (Å²) in [5, 5.41) is 0. The van der Waals surface area contributed by atoms with Crippen LogP contribution in [-0.2, 0) is 6.54 Å². The minimum absolute atomic E-state index is 0.128. The summed E-state index contributed by atoms with van der Waals surface area (Å²) in [5.74, 6) is -0.188. The standard InChI is InChI=1S/C14H20BrFN2/c1-14(2)9-18(4-3-13(14)17)8-10-5-11(15)7-12(16)6-10/h5-7,13H,3-4,8-9,17H2,1-2H3. The average molecular weight is 315 g/mol. The summed E-state index contributed by atoms with van der Waals surface area (Å²) < 4.78 is 14.1. The number of halogens is 2. The monoisotopic (exact) mass is 314 g/mol. The fraction of sp³-hybridized carbons (Fsp3) is 0.571. The van der Waals surface area contributed by atoms with Gasteiger partial charge in [-0.2, -0.15) is 0 Å². The number of nitrogens with zero attached hydrogens (tertiary/aromatic N) is 1. The molecule has 2 nitrogen and oxygen atoms in total. The molecule has 100 valence electrons. The maximum absolute atomic E-state index is 13.3. The fourth-order valence-corrected chi connectivity index (χ4v) is 3.09. The van der Waals surface area contributed by atoms with E-state index in [1.165, 1.54) is 6.07 Å². The van der Waals surface area contributed by atoms with E-state index in [1.807, 2.05) is 6.07 Å². The third-order valence-electron chi connectivity index (χ3n) is 3.72. The van der Waals surface area contributed by atoms with Crippen molar-refractivity contribution in [3.05, 3.63) is 34.1 Å². The molecular formula is C14H20BrFN2. The maximum atomic E-state index is 13.3. The number of likely N-dealkylation sites (tertiary alicyclic amines) is 1. The molecule has 0 aliphatic carbocycles. The van der Waals surface area contributed by atoms with Crippen LogP contribution < -0.4 is 5.73 Å². The maximum Gasteiger partial charge on any atom is 0.124 e. The zero-order chi connectivity index (χ0) is 13.3. The number of hydrogen-bond donors (Lipinski definition) is 1. The van der Waals surface area contributed by atoms with Gasteiger partial charge in [-0.15, -0.1) is 0 Å². The van der Waals surface area contributed by atoms with Gasteiger partial charge in [0.2, 0.25) is 0 Å². The fourth-order valence-electron chi connectivity index (χ4n) is 2.58. The highest BCUT2D eigenvalue weighted by Crippen LogP contribution is 2.29. The lowest BCUT2D eigenvalue weighted by Gasteiger charge is -2.42. The third-order valence-corrected chi connectivity index (χ3v) is 4.18. The molecule has 1 aromatic rings. The van der Waals surface area contributed by atoms with E-state index in [1.54, 1.807) is 6.07 Å². The largest absolute Gasteiger partial charge is 0.327 e. The van der Waals surface area contributed by atoms with Crippen molar-refractivity contribution in [1.82, 2.24) is 4.90 Å². The Morgan fingerprint density at radius 2 is 2.17 bits per heavy atom. The van der Waals surface area contributed by atoms with E-state index in [9.17, 15) is 4.39 Å². The summed E-state index contributed by atoms with van der Waals surface area (Å²) in [5.41, 5.74) is 7.26. The van der Waals surface area contributed by atoms with Gasteiger partial charge in [-0.25, -0.2) is 4.39 Å². The van der Waals surface area contributed by atoms with Crippen LogP contribution in [0.25, 0.3) is 0 Å². The lowest BCUT2D eigenvalue weighted by Crippen LogP contribution is -2.52. The van der Waals surface area contributed by atoms with Crippen LogP contribution in [0.5, 0.6) is 0 Å². The van der Waals surface area contributed by atoms with E-state index in [4.69, 9.17) is 5.73 Å². The van der Waals surface area contributed by atoms with Gasteiger partial charge in [-0.3, -0.25) is 4.90 Å². The van der Waals surface area contributed by atoms with Gasteiger partial charge in [0.05, 0.1) is 0 Å². The normalized spacial score (nSPS) is 24.2. The molecule has 1 fully saturated rings. The minimum Gasteiger partial charge on any atom is -0.327 e. The van der Waals surface area contributed by atoms with E-state index in [-0.39, 0.29) is 17.3 Å². The Morgan fingerprint density at radius 1 is 1.44 bits per heavy atom. The Balaban J connectivity index is 2.06. The highest BCUT2D eigenvalue weighted by atomic mass is 79.9. The first-order chi connectivity index (χ1) is 8.37. The second-order valence-electron chi connectivity index (χ2n) is 5.87. The first-order valence-electron chi connectivity index (χ1n) is 6.30. The van der Waals surface area contributed by atoms with Crippen molar-refractivity contribution in [3.63, 3.8) is 0 Å². The van der Waals surface area contributed by atoms with Crippen LogP contribution in [0, 0.1) is 11.2 Å². The Labute approximate surface area is 116 Å². The van der Waals surface area contributed by atoms with Crippen molar-refractivity contribution >= 4 is 15.9 Å². The molecule has 18 heavy (non-hydrogen) atoms. The summed E-state index contributed by atoms with van der Waals surface area (Å²) in [6, 6.07) is 5.32. The first-order valence-corrected chi connectivity index (χ1v) is 7.09. The Hall–Kier alpha value is -0.450. The molecule has 0 saturated carbocycles. The number of nitrogens with two attached hydrogens (primary N) is 1. The number of benzene rings is 1. The summed E-state index contributed by atoms with van der Waals surface area (Å²) in [4.78, 5) is 2.35. The van der Waals surface area contributed by atoms with E-state index >= 15 is 0 Å². The van der Waals surface area contributed by atoms with Crippen LogP contribution in [0.2, 0.25) is 0 Å². The van der Waals surface area contributed by atoms with Gasteiger partial charge >= 0.3 is 0 Å². The van der Waals surface area contributed by atoms with Crippen molar-refractivity contribution < 1.29 is 4.39 Å². The molecule has 0 radical (unpaired) electrons. The third kappa shape index (κ3) is 3.31. The van der Waals surface area contributed by atoms with Gasteiger partial charge in [-0.1, -0.05) is 29.8 Å². The molecule has 0 spiro atoms. The Kier molecular flexibility index (Phi) is 4.09. The van der Waals surface area contributed by atoms with Crippen molar-refractivity contribution in [2.75, 3.05) is 13.1 Å². The zero-order valence-corrected chi connectivity index (χ0v) is 12.5. The van der Waals surface area contributed by atoms with Crippen molar-refractivity contribution in [2.24, 2.45) is 11.1 Å². The summed E-state index contributed by atoms with van der Waals surface area (Å²) in [6.07, 6.45) is 1.00. The smallest absolute Gasteiger partial charge is 0.124 e. The van der Waals surface area contributed by atoms with Crippen LogP contribution in [-0.4, -0.2) is 24.0 Å². The number of piperidine rings is 1. The molecule has 0 aromatic heterocycles. The molecule has 2 N–H and O–H groups in total. The molecule has 1 heterocycles. The predicted octanol–water partition coefficient (Wildman–Crippen LogP) is 3.15. The molecule has 4 heteroatoms. The van der Waals surface area contributed by atoms with Gasteiger partial charge in [0, 0.05) is 30.1 Å². The van der Waals surface area contributed by atoms with Gasteiger partial charge in [-0.05, 0) is 35.6 Å². The second-order valence-corrected chi connectivity index (χ2v) is 6.79. The van der Waals surface area contributed by atoms with Crippen LogP contribution in [0.4, 0.5) is 4.39 Å². The van der Waals surface area contributed by atoms with Crippen molar-refractivity contribution in [1.29, 1.82) is 0 Å². The van der Waals surface area contributed by atoms with Gasteiger partial charge in [0.15, 0.2) is 0 Å². The number of rotatable bonds is 2. The molecular weight excluding hydrogens is 295 g/mol. The second kappa shape index (κ2) is 5.27. The van der Waals surface area contributed by atoms with E-state index < -0.39 is 0 Å². The van der Waals surface area contributed by atoms with Crippen LogP contribution in [0.3, 0.4) is 0 Å². The van der Waals surface area contributed by atoms with Crippen LogP contribution >= 0.6 is 15.9 Å². The molecule has 1 aliphatic heterocycles. The predicted molar refractivity (Wildman–Crippen MR) is 75.8 cm³/mol. The van der Waals surface area contributed by atoms with Gasteiger partial charge in [0.25, 0.3) is 0 Å². The first kappa shape index (κ1) is 14.0. The molecule has 1 aliphatic rings. The molecule has 2 rings (SSSR count). The van der Waals surface area contributed by atoms with E-state index in [2.05, 4.69) is 34.7 Å². The highest BCUT2D eigenvalue weighted by Gasteiger charge is 2.33. The van der Waals surface area contributed by atoms with Gasteiger partial charge < -0.3 is 5.73 Å². The van der Waals surface area contributed by atoms with Crippen LogP contribution in [0.15, 0.2) is 22.7 Å². The van der Waals surface area contributed by atoms with Crippen molar-refractivity contribution in [2.45, 2.75) is 32.9 Å². The summed E-state index contributed by atoms with van der Waals surface area (Å²) in [7, 11) is 0. The van der Waals surface area contributed by atoms with E-state index in [0.29, 0.717) is 0 Å². The lowest BCUT2D eigenvalue weighted by molar-refractivity contribution is 0.0898. The molecule has 1 aromatic carbocycles. The Morgan fingerprint density at radius 3 is 2.78 bits per heavy atom. The lowest BCUT2D eigenvalue weighted by atomic mass is 9.79. The minimum atomic E-state index is -0.188. The topological polar surface area (TPSA) is 29.3 Å². The van der Waals surface area contributed by atoms with Crippen molar-refractivity contribution in [3.8, 4) is 0 Å². The van der Waals surface area contributed by atoms with Gasteiger partial charge in [0.1, 0.15) is 5.82 Å². The average Bonchev–Trinajstić information content (AvgIpc) is 2.21. The zero-order valence-electron chi connectivity index (χ0n) is 10.9. The Bertz CT molecular complexity index is 414. The molecule has 1 atom stereocenters. The number of hydrogen-bond acceptors (Lipinski definition) is 2. The SMILES string of the molecule is CC1(C)CN(Cc2cc(F)cc(Br)c2)CCC1N. The highest BCUT2D eigenvalue weighted by molar-refractivity contribution is 9.10. The van der Waals surface area contributed by atoms with Crippen LogP contribution in [0.1, 0.15) is 25.8 Å².